The third-order valence-electron chi connectivity index (χ3n) is 8.48. The second kappa shape index (κ2) is 6.98. The Morgan fingerprint density at radius 2 is 1.42 bits per heavy atom. The molecule has 2 heterocycles. The fourth-order valence-corrected chi connectivity index (χ4v) is 5.52. The first-order chi connectivity index (χ1) is 15.8. The smallest absolute Gasteiger partial charge is 0.330 e. The number of hydrogen-bond donors (Lipinski definition) is 0. The Balaban J connectivity index is 1.57. The molecular weight excluding hydrogens is 403 g/mol. The van der Waals surface area contributed by atoms with Crippen molar-refractivity contribution in [2.75, 3.05) is 0 Å². The van der Waals surface area contributed by atoms with E-state index in [0.717, 1.165) is 27.3 Å². The minimum absolute atomic E-state index is 0.0831. The highest BCUT2D eigenvalue weighted by Crippen LogP contribution is 2.52. The number of furan rings is 1. The number of para-hydroxylation sites is 1. The minimum atomic E-state index is -0.172. The maximum absolute atomic E-state index is 6.64. The first kappa shape index (κ1) is 20.6. The molecule has 0 amide bonds. The summed E-state index contributed by atoms with van der Waals surface area (Å²) in [6.07, 6.45) is 0. The van der Waals surface area contributed by atoms with Crippen LogP contribution in [0.3, 0.4) is 0 Å². The molecule has 0 N–H and O–H groups in total. The maximum Gasteiger partial charge on any atom is 0.330 e. The van der Waals surface area contributed by atoms with Crippen molar-refractivity contribution in [1.82, 2.24) is 0 Å². The van der Waals surface area contributed by atoms with Crippen LogP contribution in [0.15, 0.2) is 83.3 Å². The van der Waals surface area contributed by atoms with Crippen LogP contribution in [0.1, 0.15) is 34.6 Å². The quantitative estimate of drug-likeness (QED) is 0.265. The van der Waals surface area contributed by atoms with Crippen molar-refractivity contribution >= 4 is 45.1 Å². The SMILES string of the molecule is CC1B(c2cccc(-c3cc4c5ccccc5oc4c4ccccc34)c2)OC(C)(C)C1(C)C. The van der Waals surface area contributed by atoms with Crippen LogP contribution in [0, 0.1) is 5.41 Å². The van der Waals surface area contributed by atoms with Gasteiger partial charge in [-0.15, -0.1) is 0 Å². The molecular formula is C30H29BO2. The van der Waals surface area contributed by atoms with Crippen molar-refractivity contribution in [3.63, 3.8) is 0 Å². The Kier molecular flexibility index (Phi) is 4.35. The summed E-state index contributed by atoms with van der Waals surface area (Å²) in [5.74, 6) is 0.416. The van der Waals surface area contributed by atoms with Crippen LogP contribution in [0.4, 0.5) is 0 Å². The summed E-state index contributed by atoms with van der Waals surface area (Å²) in [4.78, 5) is 0. The van der Waals surface area contributed by atoms with E-state index in [2.05, 4.69) is 101 Å². The second-order valence-corrected chi connectivity index (χ2v) is 10.6. The molecule has 4 aromatic carbocycles. The molecule has 0 saturated carbocycles. The van der Waals surface area contributed by atoms with E-state index >= 15 is 0 Å². The van der Waals surface area contributed by atoms with Crippen LogP contribution in [-0.2, 0) is 4.65 Å². The van der Waals surface area contributed by atoms with E-state index < -0.39 is 0 Å². The molecule has 164 valence electrons. The lowest BCUT2D eigenvalue weighted by Gasteiger charge is -2.36. The molecule has 33 heavy (non-hydrogen) atoms. The van der Waals surface area contributed by atoms with E-state index in [-0.39, 0.29) is 17.9 Å². The Labute approximate surface area is 195 Å². The zero-order valence-electron chi connectivity index (χ0n) is 20.0. The molecule has 3 heteroatoms. The fraction of sp³-hybridized carbons (Fsp3) is 0.267. The van der Waals surface area contributed by atoms with Crippen LogP contribution in [0.5, 0.6) is 0 Å². The van der Waals surface area contributed by atoms with Crippen molar-refractivity contribution in [2.45, 2.75) is 46.0 Å². The molecule has 1 aliphatic heterocycles. The van der Waals surface area contributed by atoms with Gasteiger partial charge in [0, 0.05) is 16.2 Å². The maximum atomic E-state index is 6.64. The zero-order valence-corrected chi connectivity index (χ0v) is 20.0. The van der Waals surface area contributed by atoms with Gasteiger partial charge in [-0.05, 0) is 59.2 Å². The summed E-state index contributed by atoms with van der Waals surface area (Å²) in [5, 5.41) is 4.69. The lowest BCUT2D eigenvalue weighted by atomic mass is 9.46. The molecule has 1 fully saturated rings. The third-order valence-corrected chi connectivity index (χ3v) is 8.48. The minimum Gasteiger partial charge on any atom is -0.455 e. The summed E-state index contributed by atoms with van der Waals surface area (Å²) in [6.45, 7) is 11.5. The van der Waals surface area contributed by atoms with Gasteiger partial charge >= 0.3 is 6.92 Å². The van der Waals surface area contributed by atoms with E-state index in [0.29, 0.717) is 5.82 Å². The number of benzene rings is 4. The molecule has 1 unspecified atom stereocenters. The number of rotatable bonds is 2. The molecule has 1 saturated heterocycles. The molecule has 1 aromatic heterocycles. The standard InChI is InChI=1S/C30H29BO2/c1-19-29(2,3)30(4,5)33-31(19)21-12-10-11-20(17-21)25-18-26-23-14-8-9-16-27(23)32-28(26)24-15-7-6-13-22(24)25/h6-19H,1-5H3. The van der Waals surface area contributed by atoms with Gasteiger partial charge in [-0.1, -0.05) is 87.5 Å². The summed E-state index contributed by atoms with van der Waals surface area (Å²) >= 11 is 0. The largest absolute Gasteiger partial charge is 0.455 e. The highest BCUT2D eigenvalue weighted by Gasteiger charge is 2.55. The van der Waals surface area contributed by atoms with Crippen molar-refractivity contribution in [3.05, 3.63) is 78.9 Å². The van der Waals surface area contributed by atoms with Crippen LogP contribution >= 0.6 is 0 Å². The molecule has 2 nitrogen and oxygen atoms in total. The van der Waals surface area contributed by atoms with E-state index in [9.17, 15) is 0 Å². The van der Waals surface area contributed by atoms with Gasteiger partial charge in [0.1, 0.15) is 11.2 Å². The van der Waals surface area contributed by atoms with Gasteiger partial charge in [0.05, 0.1) is 5.60 Å². The van der Waals surface area contributed by atoms with Crippen molar-refractivity contribution in [3.8, 4) is 11.1 Å². The zero-order chi connectivity index (χ0) is 23.0. The van der Waals surface area contributed by atoms with Gasteiger partial charge < -0.3 is 9.07 Å². The molecule has 0 bridgehead atoms. The molecule has 1 aliphatic rings. The van der Waals surface area contributed by atoms with E-state index in [1.54, 1.807) is 0 Å². The fourth-order valence-electron chi connectivity index (χ4n) is 5.52. The van der Waals surface area contributed by atoms with Gasteiger partial charge in [0.15, 0.2) is 0 Å². The monoisotopic (exact) mass is 432 g/mol. The highest BCUT2D eigenvalue weighted by atomic mass is 16.5. The number of hydrogen-bond acceptors (Lipinski definition) is 2. The lowest BCUT2D eigenvalue weighted by molar-refractivity contribution is 0.0296. The van der Waals surface area contributed by atoms with Crippen LogP contribution in [-0.4, -0.2) is 12.5 Å². The van der Waals surface area contributed by atoms with Crippen molar-refractivity contribution in [1.29, 1.82) is 0 Å². The summed E-state index contributed by atoms with van der Waals surface area (Å²) in [5.41, 5.74) is 5.51. The molecule has 0 spiro atoms. The highest BCUT2D eigenvalue weighted by molar-refractivity contribution is 6.69. The predicted octanol–water partition coefficient (Wildman–Crippen LogP) is 7.83. The normalized spacial score (nSPS) is 19.7. The van der Waals surface area contributed by atoms with Crippen LogP contribution in [0.2, 0.25) is 5.82 Å². The Morgan fingerprint density at radius 1 is 0.727 bits per heavy atom. The topological polar surface area (TPSA) is 22.4 Å². The molecule has 0 radical (unpaired) electrons. The van der Waals surface area contributed by atoms with Gasteiger partial charge in [-0.3, -0.25) is 0 Å². The summed E-state index contributed by atoms with van der Waals surface area (Å²) in [7, 11) is 0. The van der Waals surface area contributed by atoms with Crippen molar-refractivity contribution < 1.29 is 9.07 Å². The lowest BCUT2D eigenvalue weighted by Crippen LogP contribution is -2.36. The number of fused-ring (bicyclic) bond motifs is 5. The van der Waals surface area contributed by atoms with E-state index in [1.807, 2.05) is 12.1 Å². The Bertz CT molecular complexity index is 1530. The van der Waals surface area contributed by atoms with E-state index in [1.165, 1.54) is 22.0 Å². The average molecular weight is 432 g/mol. The van der Waals surface area contributed by atoms with Crippen molar-refractivity contribution in [2.24, 2.45) is 5.41 Å². The van der Waals surface area contributed by atoms with E-state index in [4.69, 9.17) is 9.07 Å². The third kappa shape index (κ3) is 2.92. The van der Waals surface area contributed by atoms with Gasteiger partial charge in [0.25, 0.3) is 0 Å². The molecule has 5 aromatic rings. The first-order valence-electron chi connectivity index (χ1n) is 11.9. The predicted molar refractivity (Wildman–Crippen MR) is 140 cm³/mol. The summed E-state index contributed by atoms with van der Waals surface area (Å²) in [6, 6.07) is 28.1. The van der Waals surface area contributed by atoms with Crippen LogP contribution < -0.4 is 5.46 Å². The van der Waals surface area contributed by atoms with Gasteiger partial charge in [-0.2, -0.15) is 0 Å². The van der Waals surface area contributed by atoms with Gasteiger partial charge in [0.2, 0.25) is 0 Å². The molecule has 6 rings (SSSR count). The van der Waals surface area contributed by atoms with Crippen LogP contribution in [0.25, 0.3) is 43.8 Å². The Hall–Kier alpha value is -3.04. The summed E-state index contributed by atoms with van der Waals surface area (Å²) < 4.78 is 12.9. The molecule has 1 atom stereocenters. The average Bonchev–Trinajstić information content (AvgIpc) is 3.27. The van der Waals surface area contributed by atoms with Gasteiger partial charge in [-0.25, -0.2) is 0 Å². The Morgan fingerprint density at radius 3 is 2.15 bits per heavy atom. The second-order valence-electron chi connectivity index (χ2n) is 10.6. The molecule has 0 aliphatic carbocycles. The first-order valence-corrected chi connectivity index (χ1v) is 11.9.